The molecule has 0 saturated carbocycles. The van der Waals surface area contributed by atoms with Crippen LogP contribution in [0.3, 0.4) is 0 Å². The SMILES string of the molecule is CCCCN1C(=O)C(CC)Nc2cc(F)c(F)cc21. The summed E-state index contributed by atoms with van der Waals surface area (Å²) < 4.78 is 26.7. The number of anilines is 2. The number of nitrogens with one attached hydrogen (secondary N) is 1. The van der Waals surface area contributed by atoms with Crippen LogP contribution in [0.2, 0.25) is 0 Å². The number of hydrogen-bond acceptors (Lipinski definition) is 2. The number of halogens is 2. The van der Waals surface area contributed by atoms with E-state index in [4.69, 9.17) is 0 Å². The summed E-state index contributed by atoms with van der Waals surface area (Å²) in [4.78, 5) is 13.8. The number of rotatable bonds is 4. The van der Waals surface area contributed by atoms with Crippen LogP contribution >= 0.6 is 0 Å². The monoisotopic (exact) mass is 268 g/mol. The quantitative estimate of drug-likeness (QED) is 0.908. The van der Waals surface area contributed by atoms with Crippen LogP contribution in [0.25, 0.3) is 0 Å². The van der Waals surface area contributed by atoms with E-state index in [0.29, 0.717) is 24.3 Å². The second-order valence-electron chi connectivity index (χ2n) is 4.73. The predicted molar refractivity (Wildman–Crippen MR) is 71.3 cm³/mol. The molecule has 1 aromatic rings. The van der Waals surface area contributed by atoms with Gasteiger partial charge in [-0.2, -0.15) is 0 Å². The lowest BCUT2D eigenvalue weighted by molar-refractivity contribution is -0.119. The van der Waals surface area contributed by atoms with Gasteiger partial charge in [0, 0.05) is 18.7 Å². The molecule has 1 amide bonds. The van der Waals surface area contributed by atoms with Gasteiger partial charge in [-0.1, -0.05) is 20.3 Å². The van der Waals surface area contributed by atoms with Crippen LogP contribution in [-0.2, 0) is 4.79 Å². The number of fused-ring (bicyclic) bond motifs is 1. The van der Waals surface area contributed by atoms with E-state index in [1.165, 1.54) is 0 Å². The van der Waals surface area contributed by atoms with Crippen LogP contribution in [0, 0.1) is 11.6 Å². The fourth-order valence-corrected chi connectivity index (χ4v) is 2.26. The van der Waals surface area contributed by atoms with Crippen LogP contribution in [-0.4, -0.2) is 18.5 Å². The van der Waals surface area contributed by atoms with Crippen molar-refractivity contribution < 1.29 is 13.6 Å². The Morgan fingerprint density at radius 2 is 1.95 bits per heavy atom. The molecular formula is C14H18F2N2O. The van der Waals surface area contributed by atoms with E-state index in [2.05, 4.69) is 5.32 Å². The summed E-state index contributed by atoms with van der Waals surface area (Å²) in [7, 11) is 0. The molecule has 0 bridgehead atoms. The molecule has 1 atom stereocenters. The van der Waals surface area contributed by atoms with E-state index in [-0.39, 0.29) is 11.9 Å². The normalized spacial score (nSPS) is 18.2. The smallest absolute Gasteiger partial charge is 0.249 e. The molecule has 2 rings (SSSR count). The molecule has 3 nitrogen and oxygen atoms in total. The first-order valence-corrected chi connectivity index (χ1v) is 6.65. The third-order valence-electron chi connectivity index (χ3n) is 3.37. The molecule has 1 aliphatic heterocycles. The van der Waals surface area contributed by atoms with Gasteiger partial charge in [0.05, 0.1) is 11.4 Å². The molecule has 1 heterocycles. The van der Waals surface area contributed by atoms with Crippen molar-refractivity contribution in [1.29, 1.82) is 0 Å². The van der Waals surface area contributed by atoms with Crippen LogP contribution in [0.15, 0.2) is 12.1 Å². The minimum absolute atomic E-state index is 0.0746. The minimum atomic E-state index is -0.926. The Balaban J connectivity index is 2.42. The minimum Gasteiger partial charge on any atom is -0.372 e. The van der Waals surface area contributed by atoms with Gasteiger partial charge in [-0.25, -0.2) is 8.78 Å². The highest BCUT2D eigenvalue weighted by Crippen LogP contribution is 2.34. The molecule has 1 aliphatic rings. The van der Waals surface area contributed by atoms with E-state index in [1.54, 1.807) is 4.90 Å². The second-order valence-corrected chi connectivity index (χ2v) is 4.73. The molecule has 1 N–H and O–H groups in total. The third-order valence-corrected chi connectivity index (χ3v) is 3.37. The topological polar surface area (TPSA) is 32.3 Å². The van der Waals surface area contributed by atoms with Gasteiger partial charge in [-0.05, 0) is 12.8 Å². The Kier molecular flexibility index (Phi) is 4.02. The zero-order valence-electron chi connectivity index (χ0n) is 11.2. The summed E-state index contributed by atoms with van der Waals surface area (Å²) in [6.07, 6.45) is 2.38. The average Bonchev–Trinajstić information content (AvgIpc) is 2.39. The van der Waals surface area contributed by atoms with Gasteiger partial charge in [0.2, 0.25) is 5.91 Å². The van der Waals surface area contributed by atoms with E-state index in [0.717, 1.165) is 25.0 Å². The molecule has 5 heteroatoms. The molecule has 0 radical (unpaired) electrons. The van der Waals surface area contributed by atoms with Crippen molar-refractivity contribution in [2.24, 2.45) is 0 Å². The van der Waals surface area contributed by atoms with Crippen LogP contribution in [0.4, 0.5) is 20.2 Å². The molecule has 0 fully saturated rings. The van der Waals surface area contributed by atoms with Gasteiger partial charge in [-0.15, -0.1) is 0 Å². The lowest BCUT2D eigenvalue weighted by Gasteiger charge is -2.35. The van der Waals surface area contributed by atoms with Gasteiger partial charge in [0.15, 0.2) is 11.6 Å². The Morgan fingerprint density at radius 3 is 2.58 bits per heavy atom. The van der Waals surface area contributed by atoms with Gasteiger partial charge < -0.3 is 10.2 Å². The van der Waals surface area contributed by atoms with Gasteiger partial charge in [0.25, 0.3) is 0 Å². The highest BCUT2D eigenvalue weighted by Gasteiger charge is 2.31. The van der Waals surface area contributed by atoms with E-state index in [1.807, 2.05) is 13.8 Å². The first-order valence-electron chi connectivity index (χ1n) is 6.65. The van der Waals surface area contributed by atoms with E-state index < -0.39 is 11.6 Å². The van der Waals surface area contributed by atoms with Crippen LogP contribution < -0.4 is 10.2 Å². The number of benzene rings is 1. The third kappa shape index (κ3) is 2.55. The van der Waals surface area contributed by atoms with Crippen LogP contribution in [0.5, 0.6) is 0 Å². The number of carbonyl (C=O) groups is 1. The van der Waals surface area contributed by atoms with Crippen molar-refractivity contribution in [3.63, 3.8) is 0 Å². The van der Waals surface area contributed by atoms with Gasteiger partial charge in [0.1, 0.15) is 6.04 Å². The zero-order chi connectivity index (χ0) is 14.0. The molecule has 19 heavy (non-hydrogen) atoms. The number of amides is 1. The molecular weight excluding hydrogens is 250 g/mol. The fourth-order valence-electron chi connectivity index (χ4n) is 2.26. The molecule has 1 unspecified atom stereocenters. The van der Waals surface area contributed by atoms with Gasteiger partial charge >= 0.3 is 0 Å². The zero-order valence-corrected chi connectivity index (χ0v) is 11.2. The Bertz CT molecular complexity index is 491. The number of nitrogens with zero attached hydrogens (tertiary/aromatic N) is 1. The highest BCUT2D eigenvalue weighted by molar-refractivity contribution is 6.04. The number of unbranched alkanes of at least 4 members (excludes halogenated alkanes) is 1. The molecule has 0 saturated heterocycles. The lowest BCUT2D eigenvalue weighted by atomic mass is 10.1. The summed E-state index contributed by atoms with van der Waals surface area (Å²) in [5, 5.41) is 2.97. The molecule has 104 valence electrons. The second kappa shape index (κ2) is 5.55. The maximum absolute atomic E-state index is 13.4. The van der Waals surface area contributed by atoms with Crippen molar-refractivity contribution in [2.75, 3.05) is 16.8 Å². The maximum Gasteiger partial charge on any atom is 0.249 e. The summed E-state index contributed by atoms with van der Waals surface area (Å²) in [6, 6.07) is 1.85. The Hall–Kier alpha value is -1.65. The lowest BCUT2D eigenvalue weighted by Crippen LogP contribution is -2.47. The highest BCUT2D eigenvalue weighted by atomic mass is 19.2. The van der Waals surface area contributed by atoms with Crippen molar-refractivity contribution in [2.45, 2.75) is 39.2 Å². The molecule has 0 aromatic heterocycles. The summed E-state index contributed by atoms with van der Waals surface area (Å²) in [5.74, 6) is -1.90. The first-order chi connectivity index (χ1) is 9.08. The van der Waals surface area contributed by atoms with E-state index in [9.17, 15) is 13.6 Å². The number of carbonyl (C=O) groups excluding carboxylic acids is 1. The standard InChI is InChI=1S/C14H18F2N2O/c1-3-5-6-18-13-8-10(16)9(15)7-12(13)17-11(4-2)14(18)19/h7-8,11,17H,3-6H2,1-2H3. The first kappa shape index (κ1) is 13.8. The largest absolute Gasteiger partial charge is 0.372 e. The molecule has 0 spiro atoms. The Labute approximate surface area is 111 Å². The average molecular weight is 268 g/mol. The fraction of sp³-hybridized carbons (Fsp3) is 0.500. The summed E-state index contributed by atoms with van der Waals surface area (Å²) >= 11 is 0. The van der Waals surface area contributed by atoms with Gasteiger partial charge in [-0.3, -0.25) is 4.79 Å². The van der Waals surface area contributed by atoms with Crippen molar-refractivity contribution >= 4 is 17.3 Å². The van der Waals surface area contributed by atoms with Crippen molar-refractivity contribution in [3.05, 3.63) is 23.8 Å². The Morgan fingerprint density at radius 1 is 1.26 bits per heavy atom. The predicted octanol–water partition coefficient (Wildman–Crippen LogP) is 3.30. The summed E-state index contributed by atoms with van der Waals surface area (Å²) in [5.41, 5.74) is 0.920. The summed E-state index contributed by atoms with van der Waals surface area (Å²) in [6.45, 7) is 4.44. The van der Waals surface area contributed by atoms with Crippen LogP contribution in [0.1, 0.15) is 33.1 Å². The van der Waals surface area contributed by atoms with Crippen molar-refractivity contribution in [1.82, 2.24) is 0 Å². The maximum atomic E-state index is 13.4. The number of hydrogen-bond donors (Lipinski definition) is 1. The van der Waals surface area contributed by atoms with Crippen molar-refractivity contribution in [3.8, 4) is 0 Å². The van der Waals surface area contributed by atoms with E-state index >= 15 is 0 Å². The molecule has 1 aromatic carbocycles. The molecule has 0 aliphatic carbocycles.